The van der Waals surface area contributed by atoms with Crippen molar-refractivity contribution in [3.05, 3.63) is 0 Å². The van der Waals surface area contributed by atoms with Crippen molar-refractivity contribution in [2.24, 2.45) is 5.41 Å². The molecule has 8 heteroatoms. The van der Waals surface area contributed by atoms with E-state index in [4.69, 9.17) is 14.2 Å². The third-order valence-electron chi connectivity index (χ3n) is 13.2. The zero-order valence-corrected chi connectivity index (χ0v) is 45.4. The lowest BCUT2D eigenvalue weighted by molar-refractivity contribution is -0.176. The molecule has 0 spiro atoms. The van der Waals surface area contributed by atoms with E-state index in [0.29, 0.717) is 26.0 Å². The number of rotatable bonds is 46. The molecule has 2 atom stereocenters. The van der Waals surface area contributed by atoms with Gasteiger partial charge in [0.2, 0.25) is 11.8 Å². The Balaban J connectivity index is 4.94. The average Bonchev–Trinajstić information content (AvgIpc) is 3.23. The predicted octanol–water partition coefficient (Wildman–Crippen LogP) is 16.2. The molecule has 386 valence electrons. The van der Waals surface area contributed by atoms with E-state index in [-0.39, 0.29) is 24.0 Å². The Kier molecular flexibility index (Phi) is 38.2. The Morgan fingerprint density at radius 2 is 0.892 bits per heavy atom. The summed E-state index contributed by atoms with van der Waals surface area (Å²) in [6.07, 6.45) is 42.1. The fraction of sp³-hybridized carbons (Fsp3) is 0.947. The smallest absolute Gasteiger partial charge is 0.311 e. The van der Waals surface area contributed by atoms with E-state index in [9.17, 15) is 14.4 Å². The van der Waals surface area contributed by atoms with Crippen molar-refractivity contribution in [1.29, 1.82) is 0 Å². The van der Waals surface area contributed by atoms with Gasteiger partial charge in [-0.25, -0.2) is 0 Å². The second-order valence-corrected chi connectivity index (χ2v) is 22.4. The van der Waals surface area contributed by atoms with Gasteiger partial charge in [0.05, 0.1) is 28.8 Å². The summed E-state index contributed by atoms with van der Waals surface area (Å²) in [6.45, 7) is 23.7. The predicted molar refractivity (Wildman–Crippen MR) is 278 cm³/mol. The van der Waals surface area contributed by atoms with Gasteiger partial charge in [0.15, 0.2) is 0 Å². The van der Waals surface area contributed by atoms with Crippen LogP contribution in [0.1, 0.15) is 301 Å². The molecule has 0 aliphatic heterocycles. The first-order valence-electron chi connectivity index (χ1n) is 28.0. The maximum absolute atomic E-state index is 13.7. The highest BCUT2D eigenvalue weighted by Gasteiger charge is 2.41. The minimum atomic E-state index is -0.935. The summed E-state index contributed by atoms with van der Waals surface area (Å²) in [5.74, 6) is -0.863. The lowest BCUT2D eigenvalue weighted by atomic mass is 9.81. The number of hydrogen-bond acceptors (Lipinski definition) is 6. The molecular formula is C57H112N2O6. The van der Waals surface area contributed by atoms with Crippen LogP contribution in [-0.2, 0) is 28.6 Å². The summed E-state index contributed by atoms with van der Waals surface area (Å²) in [6, 6.07) is -0.935. The molecule has 2 N–H and O–H groups in total. The summed E-state index contributed by atoms with van der Waals surface area (Å²) in [5, 5.41) is 5.98. The molecule has 0 aliphatic carbocycles. The molecule has 0 saturated heterocycles. The van der Waals surface area contributed by atoms with Crippen LogP contribution in [-0.4, -0.2) is 60.4 Å². The zero-order valence-electron chi connectivity index (χ0n) is 45.4. The van der Waals surface area contributed by atoms with Crippen LogP contribution in [0.25, 0.3) is 0 Å². The van der Waals surface area contributed by atoms with E-state index in [0.717, 1.165) is 44.9 Å². The van der Waals surface area contributed by atoms with Gasteiger partial charge in [0.25, 0.3) is 0 Å². The van der Waals surface area contributed by atoms with Crippen LogP contribution >= 0.6 is 0 Å². The summed E-state index contributed by atoms with van der Waals surface area (Å²) in [7, 11) is 0. The van der Waals surface area contributed by atoms with Gasteiger partial charge in [0, 0.05) is 13.0 Å². The number of esters is 1. The Bertz CT molecular complexity index is 1150. The standard InChI is InChI=1S/C57H112N2O6/c1-12-15-17-19-21-23-25-27-29-31-33-35-37-39-41-43-46-58-52(61)50(59-51(60)44-42-40-38-36-34-32-30-28-26-24-22-20-18-16-13-2)48-63-53(62)55(7,8)49-56(9,10)65-57(11,14-3)45-47-64-54(4,5)6/h50H,12-49H2,1-11H3,(H,58,61)(H,59,60). The quantitative estimate of drug-likeness (QED) is 0.0466. The highest BCUT2D eigenvalue weighted by molar-refractivity contribution is 5.88. The lowest BCUT2D eigenvalue weighted by Crippen LogP contribution is -2.50. The third-order valence-corrected chi connectivity index (χ3v) is 13.2. The largest absolute Gasteiger partial charge is 0.463 e. The first kappa shape index (κ1) is 63.3. The zero-order chi connectivity index (χ0) is 48.7. The first-order valence-corrected chi connectivity index (χ1v) is 28.0. The third kappa shape index (κ3) is 38.9. The van der Waals surface area contributed by atoms with E-state index < -0.39 is 28.6 Å². The average molecular weight is 922 g/mol. The van der Waals surface area contributed by atoms with Gasteiger partial charge < -0.3 is 24.8 Å². The molecule has 65 heavy (non-hydrogen) atoms. The fourth-order valence-corrected chi connectivity index (χ4v) is 9.18. The number of carbonyl (C=O) groups excluding carboxylic acids is 3. The highest BCUT2D eigenvalue weighted by atomic mass is 16.5. The van der Waals surface area contributed by atoms with Crippen LogP contribution in [0.5, 0.6) is 0 Å². The van der Waals surface area contributed by atoms with Crippen molar-refractivity contribution >= 4 is 17.8 Å². The molecule has 8 nitrogen and oxygen atoms in total. The molecule has 0 heterocycles. The van der Waals surface area contributed by atoms with Gasteiger partial charge in [0.1, 0.15) is 12.6 Å². The maximum Gasteiger partial charge on any atom is 0.311 e. The van der Waals surface area contributed by atoms with E-state index in [1.54, 1.807) is 0 Å². The van der Waals surface area contributed by atoms with Crippen molar-refractivity contribution in [3.63, 3.8) is 0 Å². The second kappa shape index (κ2) is 39.2. The second-order valence-electron chi connectivity index (χ2n) is 22.4. The van der Waals surface area contributed by atoms with Gasteiger partial charge in [-0.3, -0.25) is 14.4 Å². The number of hydrogen-bond donors (Lipinski definition) is 2. The van der Waals surface area contributed by atoms with Crippen LogP contribution in [0, 0.1) is 5.41 Å². The number of amides is 2. The van der Waals surface area contributed by atoms with E-state index in [1.807, 2.05) is 27.7 Å². The monoisotopic (exact) mass is 921 g/mol. The summed E-state index contributed by atoms with van der Waals surface area (Å²) < 4.78 is 18.6. The van der Waals surface area contributed by atoms with Crippen LogP contribution in [0.4, 0.5) is 0 Å². The van der Waals surface area contributed by atoms with Gasteiger partial charge in [-0.1, -0.05) is 207 Å². The molecule has 0 aromatic carbocycles. The van der Waals surface area contributed by atoms with Crippen LogP contribution in [0.15, 0.2) is 0 Å². The topological polar surface area (TPSA) is 103 Å². The van der Waals surface area contributed by atoms with E-state index in [1.165, 1.54) is 167 Å². The number of ether oxygens (including phenoxy) is 3. The van der Waals surface area contributed by atoms with Gasteiger partial charge in [-0.05, 0) is 87.5 Å². The number of unbranched alkanes of at least 4 members (excludes halogenated alkanes) is 29. The van der Waals surface area contributed by atoms with Crippen molar-refractivity contribution in [3.8, 4) is 0 Å². The Morgan fingerprint density at radius 3 is 1.28 bits per heavy atom. The molecule has 0 rings (SSSR count). The molecule has 2 amide bonds. The normalized spacial score (nSPS) is 13.7. The molecule has 0 radical (unpaired) electrons. The van der Waals surface area contributed by atoms with Gasteiger partial charge in [-0.15, -0.1) is 0 Å². The molecule has 0 aliphatic rings. The van der Waals surface area contributed by atoms with Gasteiger partial charge in [-0.2, -0.15) is 0 Å². The molecule has 2 unspecified atom stereocenters. The summed E-state index contributed by atoms with van der Waals surface area (Å²) in [4.78, 5) is 40.4. The molecule has 0 fully saturated rings. The lowest BCUT2D eigenvalue weighted by Gasteiger charge is -2.41. The highest BCUT2D eigenvalue weighted by Crippen LogP contribution is 2.36. The molecule has 0 aromatic rings. The van der Waals surface area contributed by atoms with Crippen molar-refractivity contribution in [2.75, 3.05) is 19.8 Å². The molecule has 0 saturated carbocycles. The molecular weight excluding hydrogens is 809 g/mol. The SMILES string of the molecule is CCCCCCCCCCCCCCCCCCNC(=O)C(COC(=O)C(C)(C)CC(C)(C)OC(C)(CC)CCOC(C)(C)C)NC(=O)CCCCCCCCCCCCCCCCC. The molecule has 0 bridgehead atoms. The fourth-order valence-electron chi connectivity index (χ4n) is 9.18. The Hall–Kier alpha value is -1.67. The summed E-state index contributed by atoms with van der Waals surface area (Å²) >= 11 is 0. The van der Waals surface area contributed by atoms with Crippen LogP contribution < -0.4 is 10.6 Å². The van der Waals surface area contributed by atoms with E-state index in [2.05, 4.69) is 59.1 Å². The van der Waals surface area contributed by atoms with E-state index >= 15 is 0 Å². The number of nitrogens with one attached hydrogen (secondary N) is 2. The Morgan fingerprint density at radius 1 is 0.508 bits per heavy atom. The van der Waals surface area contributed by atoms with Crippen molar-refractivity contribution in [2.45, 2.75) is 324 Å². The summed E-state index contributed by atoms with van der Waals surface area (Å²) in [5.41, 5.74) is -2.14. The first-order chi connectivity index (χ1) is 30.9. The van der Waals surface area contributed by atoms with Crippen molar-refractivity contribution in [1.82, 2.24) is 10.6 Å². The minimum Gasteiger partial charge on any atom is -0.463 e. The maximum atomic E-state index is 13.7. The number of carbonyl (C=O) groups is 3. The van der Waals surface area contributed by atoms with Crippen LogP contribution in [0.2, 0.25) is 0 Å². The van der Waals surface area contributed by atoms with Gasteiger partial charge >= 0.3 is 5.97 Å². The van der Waals surface area contributed by atoms with Crippen LogP contribution in [0.3, 0.4) is 0 Å². The molecule has 0 aromatic heterocycles. The Labute approximate surface area is 404 Å². The minimum absolute atomic E-state index is 0.165. The van der Waals surface area contributed by atoms with Crippen molar-refractivity contribution < 1.29 is 28.6 Å².